The lowest BCUT2D eigenvalue weighted by Crippen LogP contribution is -2.45. The van der Waals surface area contributed by atoms with Crippen molar-refractivity contribution >= 4 is 6.03 Å². The molecule has 5 nitrogen and oxygen atoms in total. The molecular formula is C18H30N4O. The lowest BCUT2D eigenvalue weighted by atomic mass is 9.98. The van der Waals surface area contributed by atoms with Crippen molar-refractivity contribution < 1.29 is 4.79 Å². The molecule has 1 saturated heterocycles. The minimum atomic E-state index is -0.0612. The van der Waals surface area contributed by atoms with E-state index in [-0.39, 0.29) is 12.1 Å². The number of hydrogen-bond acceptors (Lipinski definition) is 3. The summed E-state index contributed by atoms with van der Waals surface area (Å²) in [5.41, 5.74) is 2.42. The molecule has 1 aromatic heterocycles. The number of aromatic nitrogens is 1. The second-order valence-electron chi connectivity index (χ2n) is 6.76. The monoisotopic (exact) mass is 318 g/mol. The van der Waals surface area contributed by atoms with Crippen molar-refractivity contribution in [2.45, 2.75) is 52.6 Å². The smallest absolute Gasteiger partial charge is 0.314 e. The fraction of sp³-hybridized carbons (Fsp3) is 0.667. The van der Waals surface area contributed by atoms with Crippen molar-refractivity contribution in [2.75, 3.05) is 19.6 Å². The van der Waals surface area contributed by atoms with E-state index in [2.05, 4.69) is 39.6 Å². The summed E-state index contributed by atoms with van der Waals surface area (Å²) >= 11 is 0. The first-order valence-corrected chi connectivity index (χ1v) is 8.77. The van der Waals surface area contributed by atoms with E-state index in [1.54, 1.807) is 0 Å². The number of amides is 2. The lowest BCUT2D eigenvalue weighted by Gasteiger charge is -2.32. The Balaban J connectivity index is 1.77. The van der Waals surface area contributed by atoms with Gasteiger partial charge in [-0.3, -0.25) is 9.88 Å². The summed E-state index contributed by atoms with van der Waals surface area (Å²) in [5.74, 6) is 0.525. The number of aryl methyl sites for hydroxylation is 1. The molecule has 1 aromatic rings. The van der Waals surface area contributed by atoms with Crippen LogP contribution in [0, 0.1) is 5.92 Å². The molecule has 2 N–H and O–H groups in total. The Morgan fingerprint density at radius 2 is 2.26 bits per heavy atom. The van der Waals surface area contributed by atoms with E-state index in [4.69, 9.17) is 0 Å². The maximum Gasteiger partial charge on any atom is 0.314 e. The van der Waals surface area contributed by atoms with Crippen LogP contribution in [0.1, 0.15) is 44.9 Å². The Kier molecular flexibility index (Phi) is 6.84. The van der Waals surface area contributed by atoms with Crippen LogP contribution < -0.4 is 10.6 Å². The normalized spacial score (nSPS) is 18.9. The van der Waals surface area contributed by atoms with Gasteiger partial charge in [0.05, 0.1) is 5.69 Å². The minimum Gasteiger partial charge on any atom is -0.338 e. The van der Waals surface area contributed by atoms with Crippen molar-refractivity contribution in [3.63, 3.8) is 0 Å². The van der Waals surface area contributed by atoms with Gasteiger partial charge in [0.2, 0.25) is 0 Å². The molecule has 1 aliphatic rings. The molecule has 1 atom stereocenters. The lowest BCUT2D eigenvalue weighted by molar-refractivity contribution is 0.163. The molecule has 2 rings (SSSR count). The van der Waals surface area contributed by atoms with Crippen molar-refractivity contribution in [2.24, 2.45) is 5.92 Å². The molecular weight excluding hydrogens is 288 g/mol. The maximum absolute atomic E-state index is 11.7. The van der Waals surface area contributed by atoms with E-state index >= 15 is 0 Å². The van der Waals surface area contributed by atoms with Crippen LogP contribution in [-0.2, 0) is 13.0 Å². The summed E-state index contributed by atoms with van der Waals surface area (Å²) < 4.78 is 0. The summed E-state index contributed by atoms with van der Waals surface area (Å²) in [6, 6.07) is 4.42. The Labute approximate surface area is 139 Å². The number of nitrogens with one attached hydrogen (secondary N) is 2. The number of carbonyl (C=O) groups excluding carboxylic acids is 1. The van der Waals surface area contributed by atoms with Crippen molar-refractivity contribution in [1.82, 2.24) is 20.5 Å². The molecule has 5 heteroatoms. The Bertz CT molecular complexity index is 486. The first-order valence-electron chi connectivity index (χ1n) is 8.77. The molecule has 0 radical (unpaired) electrons. The molecule has 1 fully saturated rings. The summed E-state index contributed by atoms with van der Waals surface area (Å²) in [7, 11) is 0. The first-order chi connectivity index (χ1) is 11.1. The van der Waals surface area contributed by atoms with Gasteiger partial charge in [-0.25, -0.2) is 4.79 Å². The van der Waals surface area contributed by atoms with Crippen LogP contribution in [0.15, 0.2) is 18.3 Å². The van der Waals surface area contributed by atoms with Crippen molar-refractivity contribution in [3.8, 4) is 0 Å². The molecule has 0 bridgehead atoms. The molecule has 2 heterocycles. The van der Waals surface area contributed by atoms with E-state index in [9.17, 15) is 4.79 Å². The van der Waals surface area contributed by atoms with E-state index in [1.165, 1.54) is 18.4 Å². The Morgan fingerprint density at radius 1 is 1.43 bits per heavy atom. The maximum atomic E-state index is 11.7. The molecule has 0 aliphatic carbocycles. The summed E-state index contributed by atoms with van der Waals surface area (Å²) in [6.07, 6.45) is 5.38. The van der Waals surface area contributed by atoms with Crippen molar-refractivity contribution in [3.05, 3.63) is 29.6 Å². The van der Waals surface area contributed by atoms with Crippen LogP contribution in [-0.4, -0.2) is 41.6 Å². The largest absolute Gasteiger partial charge is 0.338 e. The number of rotatable bonds is 6. The average Bonchev–Trinajstić information content (AvgIpc) is 2.53. The van der Waals surface area contributed by atoms with Gasteiger partial charge in [0.1, 0.15) is 0 Å². The zero-order valence-corrected chi connectivity index (χ0v) is 14.6. The highest BCUT2D eigenvalue weighted by Gasteiger charge is 2.20. The standard InChI is InChI=1S/C18H30N4O/c1-4-15-7-8-17(19-10-15)13-22-9-5-6-16(12-22)11-20-18(23)21-14(2)3/h7-8,10,14,16H,4-6,9,11-13H2,1-3H3,(H2,20,21,23). The van der Waals surface area contributed by atoms with E-state index < -0.39 is 0 Å². The SMILES string of the molecule is CCc1ccc(CN2CCCC(CNC(=O)NC(C)C)C2)nc1. The van der Waals surface area contributed by atoms with E-state index in [0.717, 1.165) is 38.3 Å². The summed E-state index contributed by atoms with van der Waals surface area (Å²) in [5, 5.41) is 5.86. The third-order valence-electron chi connectivity index (χ3n) is 4.25. The topological polar surface area (TPSA) is 57.3 Å². The Morgan fingerprint density at radius 3 is 2.91 bits per heavy atom. The quantitative estimate of drug-likeness (QED) is 0.847. The predicted molar refractivity (Wildman–Crippen MR) is 93.3 cm³/mol. The second kappa shape index (κ2) is 8.87. The fourth-order valence-electron chi connectivity index (χ4n) is 3.00. The predicted octanol–water partition coefficient (Wildman–Crippen LogP) is 2.56. The van der Waals surface area contributed by atoms with Gasteiger partial charge in [-0.2, -0.15) is 0 Å². The van der Waals surface area contributed by atoms with E-state index in [0.29, 0.717) is 5.92 Å². The van der Waals surface area contributed by atoms with Gasteiger partial charge in [-0.05, 0) is 57.2 Å². The number of nitrogens with zero attached hydrogens (tertiary/aromatic N) is 2. The molecule has 2 amide bonds. The van der Waals surface area contributed by atoms with Gasteiger partial charge in [0.15, 0.2) is 0 Å². The van der Waals surface area contributed by atoms with Crippen LogP contribution in [0.4, 0.5) is 4.79 Å². The first kappa shape index (κ1) is 17.7. The number of hydrogen-bond donors (Lipinski definition) is 2. The van der Waals surface area contributed by atoms with Gasteiger partial charge in [-0.1, -0.05) is 13.0 Å². The molecule has 1 unspecified atom stereocenters. The number of urea groups is 1. The van der Waals surface area contributed by atoms with Gasteiger partial charge in [0, 0.05) is 31.9 Å². The molecule has 0 saturated carbocycles. The van der Waals surface area contributed by atoms with Crippen LogP contribution in [0.3, 0.4) is 0 Å². The highest BCUT2D eigenvalue weighted by Crippen LogP contribution is 2.17. The Hall–Kier alpha value is -1.62. The van der Waals surface area contributed by atoms with Crippen LogP contribution in [0.25, 0.3) is 0 Å². The third kappa shape index (κ3) is 6.18. The number of likely N-dealkylation sites (tertiary alicyclic amines) is 1. The van der Waals surface area contributed by atoms with Gasteiger partial charge >= 0.3 is 6.03 Å². The highest BCUT2D eigenvalue weighted by molar-refractivity contribution is 5.74. The van der Waals surface area contributed by atoms with Crippen LogP contribution in [0.5, 0.6) is 0 Å². The molecule has 0 aromatic carbocycles. The molecule has 0 spiro atoms. The average molecular weight is 318 g/mol. The third-order valence-corrected chi connectivity index (χ3v) is 4.25. The van der Waals surface area contributed by atoms with E-state index in [1.807, 2.05) is 20.0 Å². The van der Waals surface area contributed by atoms with Crippen molar-refractivity contribution in [1.29, 1.82) is 0 Å². The second-order valence-corrected chi connectivity index (χ2v) is 6.76. The molecule has 1 aliphatic heterocycles. The minimum absolute atomic E-state index is 0.0612. The fourth-order valence-corrected chi connectivity index (χ4v) is 3.00. The number of pyridine rings is 1. The van der Waals surface area contributed by atoms with Crippen LogP contribution in [0.2, 0.25) is 0 Å². The molecule has 128 valence electrons. The van der Waals surface area contributed by atoms with Gasteiger partial charge in [0.25, 0.3) is 0 Å². The molecule has 23 heavy (non-hydrogen) atoms. The highest BCUT2D eigenvalue weighted by atomic mass is 16.2. The van der Waals surface area contributed by atoms with Gasteiger partial charge < -0.3 is 10.6 Å². The summed E-state index contributed by atoms with van der Waals surface area (Å²) in [4.78, 5) is 18.7. The number of piperidine rings is 1. The zero-order valence-electron chi connectivity index (χ0n) is 14.6. The van der Waals surface area contributed by atoms with Gasteiger partial charge in [-0.15, -0.1) is 0 Å². The van der Waals surface area contributed by atoms with Crippen LogP contribution >= 0.6 is 0 Å². The zero-order chi connectivity index (χ0) is 16.7. The summed E-state index contributed by atoms with van der Waals surface area (Å²) in [6.45, 7) is 9.88. The number of carbonyl (C=O) groups is 1.